The van der Waals surface area contributed by atoms with Crippen LogP contribution in [0, 0.1) is 5.41 Å². The molecule has 2 saturated heterocycles. The van der Waals surface area contributed by atoms with Crippen LogP contribution in [0.5, 0.6) is 5.75 Å². The van der Waals surface area contributed by atoms with Crippen molar-refractivity contribution in [2.24, 2.45) is 5.41 Å². The second-order valence-corrected chi connectivity index (χ2v) is 7.79. The van der Waals surface area contributed by atoms with E-state index in [0.29, 0.717) is 24.6 Å². The van der Waals surface area contributed by atoms with Crippen LogP contribution in [0.25, 0.3) is 0 Å². The highest BCUT2D eigenvalue weighted by molar-refractivity contribution is 6.30. The fourth-order valence-corrected chi connectivity index (χ4v) is 4.17. The first-order chi connectivity index (χ1) is 12.4. The average Bonchev–Trinajstić information content (AvgIpc) is 2.99. The summed E-state index contributed by atoms with van der Waals surface area (Å²) in [6.07, 6.45) is 2.40. The Kier molecular flexibility index (Phi) is 5.73. The Balaban J connectivity index is 1.47. The maximum Gasteiger partial charge on any atom is 0.326 e. The van der Waals surface area contributed by atoms with E-state index in [-0.39, 0.29) is 11.3 Å². The number of carbonyl (C=O) groups is 2. The van der Waals surface area contributed by atoms with Gasteiger partial charge in [-0.05, 0) is 62.0 Å². The number of aliphatic carboxylic acids is 1. The van der Waals surface area contributed by atoms with Gasteiger partial charge in [-0.1, -0.05) is 11.6 Å². The smallest absolute Gasteiger partial charge is 0.326 e. The molecule has 26 heavy (non-hydrogen) atoms. The second-order valence-electron chi connectivity index (χ2n) is 7.35. The lowest BCUT2D eigenvalue weighted by Crippen LogP contribution is -2.43. The van der Waals surface area contributed by atoms with Crippen molar-refractivity contribution < 1.29 is 19.4 Å². The van der Waals surface area contributed by atoms with E-state index < -0.39 is 12.0 Å². The summed E-state index contributed by atoms with van der Waals surface area (Å²) in [6, 6.07) is 6.65. The van der Waals surface area contributed by atoms with Gasteiger partial charge in [0.25, 0.3) is 0 Å². The van der Waals surface area contributed by atoms with Crippen molar-refractivity contribution in [2.45, 2.75) is 32.2 Å². The van der Waals surface area contributed by atoms with Gasteiger partial charge in [-0.2, -0.15) is 0 Å². The number of ether oxygens (including phenoxy) is 1. The molecule has 0 saturated carbocycles. The first-order valence-electron chi connectivity index (χ1n) is 8.99. The van der Waals surface area contributed by atoms with Gasteiger partial charge in [-0.15, -0.1) is 0 Å². The SMILES string of the molecule is CC(=O)N1CC2(CCN(CCOc3ccc(Cl)cc3)CC2)C[C@@H]1C(=O)O. The molecule has 2 aliphatic heterocycles. The van der Waals surface area contributed by atoms with Crippen LogP contribution in [-0.2, 0) is 9.59 Å². The summed E-state index contributed by atoms with van der Waals surface area (Å²) in [7, 11) is 0. The highest BCUT2D eigenvalue weighted by Gasteiger charge is 2.48. The normalized spacial score (nSPS) is 22.5. The maximum atomic E-state index is 11.8. The van der Waals surface area contributed by atoms with Gasteiger partial charge in [0.15, 0.2) is 0 Å². The van der Waals surface area contributed by atoms with Crippen molar-refractivity contribution in [1.82, 2.24) is 9.80 Å². The Morgan fingerprint density at radius 2 is 1.92 bits per heavy atom. The Morgan fingerprint density at radius 1 is 1.27 bits per heavy atom. The number of carbonyl (C=O) groups excluding carboxylic acids is 1. The molecule has 2 fully saturated rings. The van der Waals surface area contributed by atoms with Crippen LogP contribution >= 0.6 is 11.6 Å². The predicted molar refractivity (Wildman–Crippen MR) is 98.5 cm³/mol. The van der Waals surface area contributed by atoms with Crippen LogP contribution in [-0.4, -0.2) is 65.6 Å². The quantitative estimate of drug-likeness (QED) is 0.849. The zero-order valence-corrected chi connectivity index (χ0v) is 15.7. The van der Waals surface area contributed by atoms with Crippen LogP contribution < -0.4 is 4.74 Å². The third-order valence-corrected chi connectivity index (χ3v) is 5.86. The van der Waals surface area contributed by atoms with Crippen molar-refractivity contribution in [3.05, 3.63) is 29.3 Å². The molecule has 1 aromatic rings. The molecule has 1 spiro atoms. The lowest BCUT2D eigenvalue weighted by Gasteiger charge is -2.39. The van der Waals surface area contributed by atoms with E-state index in [0.717, 1.165) is 38.2 Å². The Morgan fingerprint density at radius 3 is 2.46 bits per heavy atom. The molecule has 2 aliphatic rings. The van der Waals surface area contributed by atoms with Crippen molar-refractivity contribution in [1.29, 1.82) is 0 Å². The summed E-state index contributed by atoms with van der Waals surface area (Å²) in [6.45, 7) is 5.26. The van der Waals surface area contributed by atoms with Crippen molar-refractivity contribution in [3.63, 3.8) is 0 Å². The molecular weight excluding hydrogens is 356 g/mol. The van der Waals surface area contributed by atoms with Gasteiger partial charge >= 0.3 is 5.97 Å². The Hall–Kier alpha value is -1.79. The van der Waals surface area contributed by atoms with E-state index in [9.17, 15) is 14.7 Å². The zero-order chi connectivity index (χ0) is 18.7. The van der Waals surface area contributed by atoms with E-state index in [2.05, 4.69) is 4.90 Å². The summed E-state index contributed by atoms with van der Waals surface area (Å²) in [5, 5.41) is 10.1. The van der Waals surface area contributed by atoms with Gasteiger partial charge in [-0.25, -0.2) is 4.79 Å². The summed E-state index contributed by atoms with van der Waals surface area (Å²) in [5.74, 6) is -0.232. The molecule has 7 heteroatoms. The number of carboxylic acid groups (broad SMARTS) is 1. The largest absolute Gasteiger partial charge is 0.492 e. The number of nitrogens with zero attached hydrogens (tertiary/aromatic N) is 2. The predicted octanol–water partition coefficient (Wildman–Crippen LogP) is 2.51. The van der Waals surface area contributed by atoms with E-state index in [1.165, 1.54) is 11.8 Å². The number of hydrogen-bond donors (Lipinski definition) is 1. The number of piperidine rings is 1. The fourth-order valence-electron chi connectivity index (χ4n) is 4.04. The molecule has 1 amide bonds. The number of hydrogen-bond acceptors (Lipinski definition) is 4. The number of rotatable bonds is 5. The van der Waals surface area contributed by atoms with Crippen LogP contribution in [0.15, 0.2) is 24.3 Å². The number of likely N-dealkylation sites (tertiary alicyclic amines) is 2. The molecule has 1 aromatic carbocycles. The lowest BCUT2D eigenvalue weighted by atomic mass is 9.76. The molecule has 0 aromatic heterocycles. The third kappa shape index (κ3) is 4.30. The lowest BCUT2D eigenvalue weighted by molar-refractivity contribution is -0.147. The Labute approximate surface area is 158 Å². The van der Waals surface area contributed by atoms with Crippen LogP contribution in [0.4, 0.5) is 0 Å². The van der Waals surface area contributed by atoms with Crippen LogP contribution in [0.1, 0.15) is 26.2 Å². The van der Waals surface area contributed by atoms with Gasteiger partial charge in [0.2, 0.25) is 5.91 Å². The summed E-state index contributed by atoms with van der Waals surface area (Å²) in [4.78, 5) is 27.1. The number of amides is 1. The second kappa shape index (κ2) is 7.84. The van der Waals surface area contributed by atoms with Gasteiger partial charge in [0.05, 0.1) is 0 Å². The average molecular weight is 381 g/mol. The van der Waals surface area contributed by atoms with Crippen molar-refractivity contribution in [3.8, 4) is 5.75 Å². The first kappa shape index (κ1) is 19.0. The minimum Gasteiger partial charge on any atom is -0.492 e. The van der Waals surface area contributed by atoms with E-state index in [1.807, 2.05) is 12.1 Å². The molecule has 0 radical (unpaired) electrons. The molecule has 0 aliphatic carbocycles. The number of benzene rings is 1. The van der Waals surface area contributed by atoms with Crippen molar-refractivity contribution >= 4 is 23.5 Å². The molecule has 142 valence electrons. The molecule has 6 nitrogen and oxygen atoms in total. The van der Waals surface area contributed by atoms with Crippen molar-refractivity contribution in [2.75, 3.05) is 32.8 Å². The van der Waals surface area contributed by atoms with Crippen LogP contribution in [0.3, 0.4) is 0 Å². The van der Waals surface area contributed by atoms with Gasteiger partial charge < -0.3 is 14.7 Å². The topological polar surface area (TPSA) is 70.1 Å². The van der Waals surface area contributed by atoms with E-state index in [4.69, 9.17) is 16.3 Å². The molecule has 0 bridgehead atoms. The number of halogens is 1. The first-order valence-corrected chi connectivity index (χ1v) is 9.37. The molecule has 0 unspecified atom stereocenters. The third-order valence-electron chi connectivity index (χ3n) is 5.60. The van der Waals surface area contributed by atoms with E-state index >= 15 is 0 Å². The minimum atomic E-state index is -0.893. The summed E-state index contributed by atoms with van der Waals surface area (Å²) in [5.41, 5.74) is -0.0533. The van der Waals surface area contributed by atoms with Gasteiger partial charge in [-0.3, -0.25) is 9.69 Å². The molecule has 1 N–H and O–H groups in total. The number of carboxylic acids is 1. The fraction of sp³-hybridized carbons (Fsp3) is 0.579. The monoisotopic (exact) mass is 380 g/mol. The highest BCUT2D eigenvalue weighted by Crippen LogP contribution is 2.43. The standard InChI is InChI=1S/C19H25ClN2O4/c1-14(23)22-13-19(12-17(22)18(24)25)6-8-21(9-7-19)10-11-26-16-4-2-15(20)3-5-16/h2-5,17H,6-13H2,1H3,(H,24,25)/t17-/m1/s1. The minimum absolute atomic E-state index is 0.0533. The maximum absolute atomic E-state index is 11.8. The molecule has 3 rings (SSSR count). The van der Waals surface area contributed by atoms with Crippen LogP contribution in [0.2, 0.25) is 5.02 Å². The Bertz CT molecular complexity index is 632. The summed E-state index contributed by atoms with van der Waals surface area (Å²) >= 11 is 5.86. The van der Waals surface area contributed by atoms with E-state index in [1.54, 1.807) is 12.1 Å². The van der Waals surface area contributed by atoms with Gasteiger partial charge in [0.1, 0.15) is 18.4 Å². The molecule has 1 atom stereocenters. The molecular formula is C19H25ClN2O4. The summed E-state index contributed by atoms with van der Waals surface area (Å²) < 4.78 is 5.75. The zero-order valence-electron chi connectivity index (χ0n) is 15.0. The molecule has 2 heterocycles. The highest BCUT2D eigenvalue weighted by atomic mass is 35.5. The van der Waals surface area contributed by atoms with Gasteiger partial charge in [0, 0.05) is 25.0 Å².